The molecule has 2 rings (SSSR count). The van der Waals surface area contributed by atoms with Gasteiger partial charge in [-0.05, 0) is 50.0 Å². The van der Waals surface area contributed by atoms with E-state index in [4.69, 9.17) is 0 Å². The number of amides is 1. The number of rotatable bonds is 2. The number of likely N-dealkylation sites (tertiary alicyclic amines) is 1. The van der Waals surface area contributed by atoms with E-state index in [9.17, 15) is 4.79 Å². The van der Waals surface area contributed by atoms with Crippen molar-refractivity contribution in [3.05, 3.63) is 29.8 Å². The lowest BCUT2D eigenvalue weighted by atomic mass is 9.85. The Bertz CT molecular complexity index is 468. The molecule has 20 heavy (non-hydrogen) atoms. The number of benzene rings is 1. The molecule has 110 valence electrons. The molecule has 0 aromatic heterocycles. The van der Waals surface area contributed by atoms with Gasteiger partial charge in [0.15, 0.2) is 0 Å². The lowest BCUT2D eigenvalue weighted by Crippen LogP contribution is -2.36. The normalized spacial score (nSPS) is 18.0. The maximum Gasteiger partial charge on any atom is 0.227 e. The topological polar surface area (TPSA) is 32.3 Å². The molecule has 0 saturated carbocycles. The van der Waals surface area contributed by atoms with Crippen molar-refractivity contribution in [1.82, 2.24) is 4.90 Å². The van der Waals surface area contributed by atoms with E-state index in [0.717, 1.165) is 31.6 Å². The second-order valence-electron chi connectivity index (χ2n) is 6.86. The van der Waals surface area contributed by atoms with Crippen LogP contribution in [0.3, 0.4) is 0 Å². The van der Waals surface area contributed by atoms with Crippen LogP contribution in [0.2, 0.25) is 0 Å². The molecule has 3 heteroatoms. The Labute approximate surface area is 122 Å². The molecule has 1 heterocycles. The molecule has 0 aliphatic carbocycles. The van der Waals surface area contributed by atoms with Crippen LogP contribution in [-0.2, 0) is 10.2 Å². The van der Waals surface area contributed by atoms with Gasteiger partial charge in [0.1, 0.15) is 0 Å². The SMILES string of the molecule is CN1CCC(C(=O)Nc2ccccc2C(C)(C)C)CC1. The summed E-state index contributed by atoms with van der Waals surface area (Å²) in [5, 5.41) is 3.14. The van der Waals surface area contributed by atoms with Gasteiger partial charge < -0.3 is 10.2 Å². The summed E-state index contributed by atoms with van der Waals surface area (Å²) >= 11 is 0. The van der Waals surface area contributed by atoms with Crippen LogP contribution in [0, 0.1) is 5.92 Å². The summed E-state index contributed by atoms with van der Waals surface area (Å²) in [5.41, 5.74) is 2.20. The van der Waals surface area contributed by atoms with Crippen molar-refractivity contribution in [2.45, 2.75) is 39.0 Å². The molecule has 3 nitrogen and oxygen atoms in total. The minimum Gasteiger partial charge on any atom is -0.326 e. The number of para-hydroxylation sites is 1. The van der Waals surface area contributed by atoms with E-state index in [0.29, 0.717) is 0 Å². The average molecular weight is 274 g/mol. The summed E-state index contributed by atoms with van der Waals surface area (Å²) in [6.07, 6.45) is 1.92. The number of hydrogen-bond acceptors (Lipinski definition) is 2. The molecule has 1 aromatic rings. The van der Waals surface area contributed by atoms with E-state index >= 15 is 0 Å². The molecular formula is C17H26N2O. The van der Waals surface area contributed by atoms with Crippen LogP contribution in [0.15, 0.2) is 24.3 Å². The second kappa shape index (κ2) is 5.96. The van der Waals surface area contributed by atoms with Crippen LogP contribution in [0.5, 0.6) is 0 Å². The summed E-state index contributed by atoms with van der Waals surface area (Å²) in [4.78, 5) is 14.7. The van der Waals surface area contributed by atoms with E-state index in [2.05, 4.69) is 44.1 Å². The Morgan fingerprint density at radius 2 is 1.80 bits per heavy atom. The standard InChI is InChI=1S/C17H26N2O/c1-17(2,3)14-7-5-6-8-15(14)18-16(20)13-9-11-19(4)12-10-13/h5-8,13H,9-12H2,1-4H3,(H,18,20). The largest absolute Gasteiger partial charge is 0.326 e. The van der Waals surface area contributed by atoms with Gasteiger partial charge in [-0.2, -0.15) is 0 Å². The number of piperidine rings is 1. The van der Waals surface area contributed by atoms with Gasteiger partial charge in [0.05, 0.1) is 0 Å². The van der Waals surface area contributed by atoms with Crippen molar-refractivity contribution in [1.29, 1.82) is 0 Å². The molecule has 1 N–H and O–H groups in total. The van der Waals surface area contributed by atoms with Gasteiger partial charge in [0.2, 0.25) is 5.91 Å². The third-order valence-corrected chi connectivity index (χ3v) is 4.08. The average Bonchev–Trinajstić information content (AvgIpc) is 2.38. The summed E-state index contributed by atoms with van der Waals surface area (Å²) in [6, 6.07) is 8.13. The quantitative estimate of drug-likeness (QED) is 0.897. The van der Waals surface area contributed by atoms with Gasteiger partial charge in [-0.15, -0.1) is 0 Å². The molecule has 1 aliphatic heterocycles. The van der Waals surface area contributed by atoms with Crippen molar-refractivity contribution in [2.75, 3.05) is 25.5 Å². The number of nitrogens with zero attached hydrogens (tertiary/aromatic N) is 1. The summed E-state index contributed by atoms with van der Waals surface area (Å²) in [5.74, 6) is 0.328. The maximum atomic E-state index is 12.4. The van der Waals surface area contributed by atoms with E-state index in [1.54, 1.807) is 0 Å². The number of anilines is 1. The lowest BCUT2D eigenvalue weighted by Gasteiger charge is -2.29. The number of nitrogens with one attached hydrogen (secondary N) is 1. The lowest BCUT2D eigenvalue weighted by molar-refractivity contribution is -0.121. The van der Waals surface area contributed by atoms with Gasteiger partial charge in [-0.25, -0.2) is 0 Å². The van der Waals surface area contributed by atoms with Gasteiger partial charge >= 0.3 is 0 Å². The molecule has 1 aliphatic rings. The molecule has 1 aromatic carbocycles. The predicted molar refractivity (Wildman–Crippen MR) is 84.0 cm³/mol. The highest BCUT2D eigenvalue weighted by Crippen LogP contribution is 2.30. The Kier molecular flexibility index (Phi) is 4.48. The number of carbonyl (C=O) groups excluding carboxylic acids is 1. The summed E-state index contributed by atoms with van der Waals surface area (Å²) in [6.45, 7) is 8.55. The van der Waals surface area contributed by atoms with Crippen molar-refractivity contribution in [2.24, 2.45) is 5.92 Å². The first-order chi connectivity index (χ1) is 9.38. The van der Waals surface area contributed by atoms with Gasteiger partial charge in [-0.1, -0.05) is 39.0 Å². The van der Waals surface area contributed by atoms with Gasteiger partial charge in [0.25, 0.3) is 0 Å². The maximum absolute atomic E-state index is 12.4. The fraction of sp³-hybridized carbons (Fsp3) is 0.588. The highest BCUT2D eigenvalue weighted by molar-refractivity contribution is 5.93. The fourth-order valence-corrected chi connectivity index (χ4v) is 2.75. The summed E-state index contributed by atoms with van der Waals surface area (Å²) < 4.78 is 0. The van der Waals surface area contributed by atoms with E-state index in [1.165, 1.54) is 5.56 Å². The smallest absolute Gasteiger partial charge is 0.227 e. The monoisotopic (exact) mass is 274 g/mol. The fourth-order valence-electron chi connectivity index (χ4n) is 2.75. The molecule has 1 fully saturated rings. The van der Waals surface area contributed by atoms with Crippen LogP contribution in [-0.4, -0.2) is 30.9 Å². The molecule has 0 atom stereocenters. The molecule has 1 amide bonds. The second-order valence-corrected chi connectivity index (χ2v) is 6.86. The zero-order chi connectivity index (χ0) is 14.8. The highest BCUT2D eigenvalue weighted by atomic mass is 16.1. The van der Waals surface area contributed by atoms with Crippen molar-refractivity contribution in [3.63, 3.8) is 0 Å². The predicted octanol–water partition coefficient (Wildman–Crippen LogP) is 3.26. The highest BCUT2D eigenvalue weighted by Gasteiger charge is 2.25. The van der Waals surface area contributed by atoms with Crippen molar-refractivity contribution < 1.29 is 4.79 Å². The van der Waals surface area contributed by atoms with E-state index in [-0.39, 0.29) is 17.2 Å². The Balaban J connectivity index is 2.08. The Morgan fingerprint density at radius 1 is 1.20 bits per heavy atom. The number of carbonyl (C=O) groups is 1. The first-order valence-corrected chi connectivity index (χ1v) is 7.47. The minimum atomic E-state index is 0.0383. The van der Waals surface area contributed by atoms with Crippen LogP contribution in [0.25, 0.3) is 0 Å². The molecular weight excluding hydrogens is 248 g/mol. The van der Waals surface area contributed by atoms with E-state index in [1.807, 2.05) is 18.2 Å². The first kappa shape index (κ1) is 15.0. The van der Waals surface area contributed by atoms with Crippen LogP contribution in [0.1, 0.15) is 39.2 Å². The van der Waals surface area contributed by atoms with Crippen LogP contribution in [0.4, 0.5) is 5.69 Å². The van der Waals surface area contributed by atoms with Crippen molar-refractivity contribution in [3.8, 4) is 0 Å². The minimum absolute atomic E-state index is 0.0383. The summed E-state index contributed by atoms with van der Waals surface area (Å²) in [7, 11) is 2.11. The van der Waals surface area contributed by atoms with Gasteiger partial charge in [-0.3, -0.25) is 4.79 Å². The zero-order valence-electron chi connectivity index (χ0n) is 13.1. The van der Waals surface area contributed by atoms with Crippen molar-refractivity contribution >= 4 is 11.6 Å². The third-order valence-electron chi connectivity index (χ3n) is 4.08. The van der Waals surface area contributed by atoms with Crippen LogP contribution >= 0.6 is 0 Å². The molecule has 0 radical (unpaired) electrons. The van der Waals surface area contributed by atoms with E-state index < -0.39 is 0 Å². The van der Waals surface area contributed by atoms with Crippen LogP contribution < -0.4 is 5.32 Å². The molecule has 0 bridgehead atoms. The Hall–Kier alpha value is -1.35. The zero-order valence-corrected chi connectivity index (χ0v) is 13.1. The molecule has 0 spiro atoms. The van der Waals surface area contributed by atoms with Gasteiger partial charge in [0, 0.05) is 11.6 Å². The first-order valence-electron chi connectivity index (χ1n) is 7.47. The third kappa shape index (κ3) is 3.60. The molecule has 0 unspecified atom stereocenters. The Morgan fingerprint density at radius 3 is 2.40 bits per heavy atom. The molecule has 1 saturated heterocycles. The number of hydrogen-bond donors (Lipinski definition) is 1.